The van der Waals surface area contributed by atoms with Gasteiger partial charge in [0, 0.05) is 6.42 Å². The first-order chi connectivity index (χ1) is 29.5. The first-order valence-corrected chi connectivity index (χ1v) is 25.2. The summed E-state index contributed by atoms with van der Waals surface area (Å²) < 4.78 is 5.88. The summed E-state index contributed by atoms with van der Waals surface area (Å²) >= 11 is 0. The molecule has 1 amide bonds. The van der Waals surface area contributed by atoms with Crippen LogP contribution in [0.3, 0.4) is 0 Å². The molecule has 3 unspecified atom stereocenters. The third-order valence-corrected chi connectivity index (χ3v) is 11.1. The average Bonchev–Trinajstić information content (AvgIpc) is 3.24. The molecule has 60 heavy (non-hydrogen) atoms. The van der Waals surface area contributed by atoms with Gasteiger partial charge in [-0.2, -0.15) is 0 Å². The zero-order valence-corrected chi connectivity index (χ0v) is 39.3. The lowest BCUT2D eigenvalue weighted by atomic mass is 10.0. The summed E-state index contributed by atoms with van der Waals surface area (Å²) in [4.78, 5) is 26.1. The number of hydrogen-bond donors (Lipinski definition) is 3. The van der Waals surface area contributed by atoms with Crippen molar-refractivity contribution in [3.8, 4) is 0 Å². The summed E-state index contributed by atoms with van der Waals surface area (Å²) in [5, 5.41) is 23.7. The zero-order chi connectivity index (χ0) is 43.8. The van der Waals surface area contributed by atoms with Crippen LogP contribution in [0.4, 0.5) is 0 Å². The molecule has 6 heteroatoms. The maximum absolute atomic E-state index is 13.2. The number of hydrogen-bond acceptors (Lipinski definition) is 5. The number of aliphatic hydroxyl groups is 2. The Kier molecular flexibility index (Phi) is 45.2. The van der Waals surface area contributed by atoms with Crippen LogP contribution in [-0.4, -0.2) is 46.9 Å². The molecule has 0 aromatic heterocycles. The van der Waals surface area contributed by atoms with Crippen molar-refractivity contribution in [2.75, 3.05) is 6.61 Å². The highest BCUT2D eigenvalue weighted by atomic mass is 16.5. The van der Waals surface area contributed by atoms with Crippen molar-refractivity contribution < 1.29 is 24.5 Å². The Morgan fingerprint density at radius 1 is 0.500 bits per heavy atom. The van der Waals surface area contributed by atoms with Crippen LogP contribution in [0, 0.1) is 0 Å². The molecule has 3 N–H and O–H groups in total. The molecule has 6 nitrogen and oxygen atoms in total. The Morgan fingerprint density at radius 2 is 0.933 bits per heavy atom. The van der Waals surface area contributed by atoms with Crippen molar-refractivity contribution in [3.05, 3.63) is 72.9 Å². The molecule has 0 radical (unpaired) electrons. The maximum atomic E-state index is 13.2. The summed E-state index contributed by atoms with van der Waals surface area (Å²) in [6, 6.07) is -0.728. The second kappa shape index (κ2) is 47.4. The van der Waals surface area contributed by atoms with E-state index in [-0.39, 0.29) is 24.9 Å². The topological polar surface area (TPSA) is 95.9 Å². The van der Waals surface area contributed by atoms with Crippen LogP contribution in [-0.2, 0) is 14.3 Å². The number of nitrogens with one attached hydrogen (secondary N) is 1. The van der Waals surface area contributed by atoms with Gasteiger partial charge < -0.3 is 20.3 Å². The van der Waals surface area contributed by atoms with Gasteiger partial charge in [0.1, 0.15) is 6.10 Å². The normalized spacial score (nSPS) is 13.9. The van der Waals surface area contributed by atoms with E-state index in [1.807, 2.05) is 48.6 Å². The number of ether oxygens (including phenoxy) is 1. The van der Waals surface area contributed by atoms with E-state index in [1.54, 1.807) is 0 Å². The molecule has 0 fully saturated rings. The Bertz CT molecular complexity index is 1120. The van der Waals surface area contributed by atoms with E-state index in [0.717, 1.165) is 64.2 Å². The molecule has 0 saturated heterocycles. The van der Waals surface area contributed by atoms with E-state index < -0.39 is 18.2 Å². The zero-order valence-electron chi connectivity index (χ0n) is 39.3. The third kappa shape index (κ3) is 42.0. The molecule has 0 aliphatic heterocycles. The molecule has 0 heterocycles. The van der Waals surface area contributed by atoms with E-state index >= 15 is 0 Å². The Balaban J connectivity index is 4.69. The standard InChI is InChI=1S/C54H95NO5/c1-4-7-10-13-16-19-22-25-26-27-29-32-35-38-41-44-47-54(59)60-50(45-42-39-36-33-30-28-23-20-17-14-11-8-5-2)48-53(58)55-51(49-56)52(57)46-43-40-37-34-31-24-21-18-15-12-9-6-3/h8,11,14,17,20,23,26-28,30,33,36,50-52,56-57H,4-7,9-10,12-13,15-16,18-19,21-22,24-25,29,31-32,34-35,37-49H2,1-3H3,(H,55,58)/b11-8+,17-14+,23-20-,27-26+,30-28-,36-33+. The van der Waals surface area contributed by atoms with Gasteiger partial charge in [-0.1, -0.05) is 229 Å². The lowest BCUT2D eigenvalue weighted by Crippen LogP contribution is -2.46. The predicted octanol–water partition coefficient (Wildman–Crippen LogP) is 15.0. The van der Waals surface area contributed by atoms with Crippen LogP contribution in [0.5, 0.6) is 0 Å². The van der Waals surface area contributed by atoms with Crippen molar-refractivity contribution in [3.63, 3.8) is 0 Å². The van der Waals surface area contributed by atoms with Gasteiger partial charge in [-0.15, -0.1) is 0 Å². The molecule has 346 valence electrons. The van der Waals surface area contributed by atoms with Crippen LogP contribution in [0.2, 0.25) is 0 Å². The van der Waals surface area contributed by atoms with Crippen LogP contribution in [0.15, 0.2) is 72.9 Å². The van der Waals surface area contributed by atoms with Gasteiger partial charge in [0.2, 0.25) is 5.91 Å². The van der Waals surface area contributed by atoms with Crippen LogP contribution >= 0.6 is 0 Å². The molecule has 0 rings (SSSR count). The number of esters is 1. The van der Waals surface area contributed by atoms with Crippen molar-refractivity contribution in [2.45, 2.75) is 251 Å². The van der Waals surface area contributed by atoms with Crippen molar-refractivity contribution >= 4 is 11.9 Å². The quantitative estimate of drug-likeness (QED) is 0.0246. The number of amides is 1. The maximum Gasteiger partial charge on any atom is 0.306 e. The number of unbranched alkanes of at least 4 members (excludes halogenated alkanes) is 24. The molecular weight excluding hydrogens is 743 g/mol. The number of aliphatic hydroxyl groups excluding tert-OH is 2. The Hall–Kier alpha value is -2.70. The van der Waals surface area contributed by atoms with Crippen molar-refractivity contribution in [1.82, 2.24) is 5.32 Å². The van der Waals surface area contributed by atoms with Gasteiger partial charge in [0.15, 0.2) is 0 Å². The SMILES string of the molecule is CC/C=C/C=C/C=C\C=C/C=C/CCCC(CC(=O)NC(CO)C(O)CCCCCCCCCCCCCC)OC(=O)CCCCCCC/C=C/CCCCCCCCC. The first-order valence-electron chi connectivity index (χ1n) is 25.2. The monoisotopic (exact) mass is 838 g/mol. The fourth-order valence-electron chi connectivity index (χ4n) is 7.33. The van der Waals surface area contributed by atoms with Gasteiger partial charge >= 0.3 is 5.97 Å². The van der Waals surface area contributed by atoms with Gasteiger partial charge in [-0.05, 0) is 64.2 Å². The number of carbonyl (C=O) groups is 2. The van der Waals surface area contributed by atoms with E-state index in [2.05, 4.69) is 50.4 Å². The Labute approximate surface area is 371 Å². The molecule has 0 aromatic rings. The summed E-state index contributed by atoms with van der Waals surface area (Å²) in [6.07, 6.45) is 59.7. The fourth-order valence-corrected chi connectivity index (χ4v) is 7.33. The van der Waals surface area contributed by atoms with E-state index in [1.165, 1.54) is 122 Å². The highest BCUT2D eigenvalue weighted by molar-refractivity contribution is 5.77. The molecule has 0 bridgehead atoms. The summed E-state index contributed by atoms with van der Waals surface area (Å²) in [5.41, 5.74) is 0. The fraction of sp³-hybridized carbons (Fsp3) is 0.741. The van der Waals surface area contributed by atoms with Crippen LogP contribution < -0.4 is 5.32 Å². The van der Waals surface area contributed by atoms with Gasteiger partial charge in [-0.25, -0.2) is 0 Å². The molecule has 3 atom stereocenters. The second-order valence-corrected chi connectivity index (χ2v) is 17.0. The van der Waals surface area contributed by atoms with E-state index in [4.69, 9.17) is 4.74 Å². The van der Waals surface area contributed by atoms with E-state index in [9.17, 15) is 19.8 Å². The minimum Gasteiger partial charge on any atom is -0.462 e. The van der Waals surface area contributed by atoms with Crippen LogP contribution in [0.1, 0.15) is 233 Å². The predicted molar refractivity (Wildman–Crippen MR) is 259 cm³/mol. The smallest absolute Gasteiger partial charge is 0.306 e. The molecule has 0 saturated carbocycles. The minimum absolute atomic E-state index is 0.0232. The number of rotatable bonds is 44. The first kappa shape index (κ1) is 57.3. The Morgan fingerprint density at radius 3 is 1.43 bits per heavy atom. The van der Waals surface area contributed by atoms with Crippen molar-refractivity contribution in [1.29, 1.82) is 0 Å². The summed E-state index contributed by atoms with van der Waals surface area (Å²) in [5.74, 6) is -0.558. The molecule has 0 aliphatic rings. The summed E-state index contributed by atoms with van der Waals surface area (Å²) in [7, 11) is 0. The number of carbonyl (C=O) groups excluding carboxylic acids is 2. The minimum atomic E-state index is -0.809. The summed E-state index contributed by atoms with van der Waals surface area (Å²) in [6.45, 7) is 6.31. The molecule has 0 aliphatic carbocycles. The van der Waals surface area contributed by atoms with Crippen LogP contribution in [0.25, 0.3) is 0 Å². The lowest BCUT2D eigenvalue weighted by Gasteiger charge is -2.24. The van der Waals surface area contributed by atoms with E-state index in [0.29, 0.717) is 19.3 Å². The van der Waals surface area contributed by atoms with Crippen molar-refractivity contribution in [2.24, 2.45) is 0 Å². The van der Waals surface area contributed by atoms with Gasteiger partial charge in [0.25, 0.3) is 0 Å². The largest absolute Gasteiger partial charge is 0.462 e. The third-order valence-electron chi connectivity index (χ3n) is 11.1. The second-order valence-electron chi connectivity index (χ2n) is 17.0. The molecule has 0 aromatic carbocycles. The molecule has 0 spiro atoms. The highest BCUT2D eigenvalue weighted by Crippen LogP contribution is 2.17. The number of allylic oxidation sites excluding steroid dienone is 12. The lowest BCUT2D eigenvalue weighted by molar-refractivity contribution is -0.151. The highest BCUT2D eigenvalue weighted by Gasteiger charge is 2.24. The average molecular weight is 838 g/mol. The molecular formula is C54H95NO5. The van der Waals surface area contributed by atoms with Gasteiger partial charge in [0.05, 0.1) is 25.2 Å². The van der Waals surface area contributed by atoms with Gasteiger partial charge in [-0.3, -0.25) is 9.59 Å².